The first-order chi connectivity index (χ1) is 21.1. The number of rotatable bonds is 20. The van der Waals surface area contributed by atoms with Gasteiger partial charge in [-0.05, 0) is 76.3 Å². The fourth-order valence-corrected chi connectivity index (χ4v) is 7.78. The van der Waals surface area contributed by atoms with E-state index in [1.807, 2.05) is 20.8 Å². The molecule has 0 aliphatic heterocycles. The maximum atomic E-state index is 13.2. The van der Waals surface area contributed by atoms with Crippen molar-refractivity contribution in [2.75, 3.05) is 26.4 Å². The topological polar surface area (TPSA) is 76.4 Å². The minimum atomic E-state index is -4.90. The Morgan fingerprint density at radius 2 is 1.48 bits per heavy atom. The number of ether oxygens (including phenoxy) is 2. The van der Waals surface area contributed by atoms with E-state index in [-0.39, 0.29) is 16.7 Å². The number of hydrogen-bond donors (Lipinski definition) is 0. The molecule has 0 spiro atoms. The molecule has 0 unspecified atom stereocenters. The molecule has 0 N–H and O–H groups in total. The standard InChI is InChI=1S/C33H45F3O7Si/c1-5-9-12-15-25-16-19-28(31(22-25)43-33(34,35)36)29-23-26-17-18-27(24-30(26)42-32(29)37)38-20-13-10-11-14-21-44(39-6-2,40-7-3)41-8-4/h16-19,22-24H,5-15,20-21H2,1-4H3. The van der Waals surface area contributed by atoms with Crippen molar-refractivity contribution in [2.24, 2.45) is 0 Å². The Morgan fingerprint density at radius 1 is 0.773 bits per heavy atom. The molecule has 0 saturated carbocycles. The first-order valence-electron chi connectivity index (χ1n) is 15.6. The second kappa shape index (κ2) is 17.6. The molecule has 44 heavy (non-hydrogen) atoms. The van der Waals surface area contributed by atoms with Gasteiger partial charge < -0.3 is 27.2 Å². The van der Waals surface area contributed by atoms with Crippen LogP contribution in [0.4, 0.5) is 13.2 Å². The molecule has 11 heteroatoms. The molecular weight excluding hydrogens is 593 g/mol. The lowest BCUT2D eigenvalue weighted by atomic mass is 10.00. The lowest BCUT2D eigenvalue weighted by molar-refractivity contribution is -0.274. The highest BCUT2D eigenvalue weighted by atomic mass is 28.4. The van der Waals surface area contributed by atoms with E-state index in [4.69, 9.17) is 22.4 Å². The molecule has 244 valence electrons. The van der Waals surface area contributed by atoms with E-state index in [2.05, 4.69) is 11.7 Å². The second-order valence-electron chi connectivity index (χ2n) is 10.5. The molecule has 2 aromatic carbocycles. The Hall–Kier alpha value is -2.86. The quantitative estimate of drug-likeness (QED) is 0.0694. The van der Waals surface area contributed by atoms with Gasteiger partial charge in [-0.2, -0.15) is 0 Å². The Labute approximate surface area is 259 Å². The van der Waals surface area contributed by atoms with Crippen molar-refractivity contribution >= 4 is 19.8 Å². The van der Waals surface area contributed by atoms with Crippen LogP contribution in [0.2, 0.25) is 6.04 Å². The van der Waals surface area contributed by atoms with Gasteiger partial charge in [0.15, 0.2) is 0 Å². The van der Waals surface area contributed by atoms with Crippen LogP contribution in [-0.4, -0.2) is 41.6 Å². The van der Waals surface area contributed by atoms with Crippen LogP contribution in [0.5, 0.6) is 11.5 Å². The van der Waals surface area contributed by atoms with Crippen LogP contribution in [-0.2, 0) is 19.7 Å². The Bertz CT molecular complexity index is 1340. The predicted molar refractivity (Wildman–Crippen MR) is 167 cm³/mol. The van der Waals surface area contributed by atoms with E-state index in [1.54, 1.807) is 24.3 Å². The zero-order chi connectivity index (χ0) is 32.0. The van der Waals surface area contributed by atoms with E-state index >= 15 is 0 Å². The van der Waals surface area contributed by atoms with Crippen LogP contribution >= 0.6 is 0 Å². The number of unbranched alkanes of at least 4 members (excludes halogenated alkanes) is 5. The van der Waals surface area contributed by atoms with Crippen molar-refractivity contribution in [1.29, 1.82) is 0 Å². The van der Waals surface area contributed by atoms with Crippen molar-refractivity contribution in [1.82, 2.24) is 0 Å². The SMILES string of the molecule is CCCCCc1ccc(-c2cc3ccc(OCCCCCC[Si](OCC)(OCC)OCC)cc3oc2=O)c(OC(F)(F)F)c1. The molecule has 0 fully saturated rings. The normalized spacial score (nSPS) is 12.2. The summed E-state index contributed by atoms with van der Waals surface area (Å²) in [5.41, 5.74) is 0.266. The van der Waals surface area contributed by atoms with Crippen LogP contribution in [0.1, 0.15) is 78.2 Å². The van der Waals surface area contributed by atoms with Crippen LogP contribution < -0.4 is 15.1 Å². The number of halogens is 3. The number of hydrogen-bond acceptors (Lipinski definition) is 7. The molecule has 7 nitrogen and oxygen atoms in total. The molecule has 0 aliphatic carbocycles. The highest BCUT2D eigenvalue weighted by molar-refractivity contribution is 6.60. The summed E-state index contributed by atoms with van der Waals surface area (Å²) in [6, 6.07) is 12.0. The fraction of sp³-hybridized carbons (Fsp3) is 0.545. The summed E-state index contributed by atoms with van der Waals surface area (Å²) in [6.07, 6.45) is 2.26. The monoisotopic (exact) mass is 638 g/mol. The smallest absolute Gasteiger partial charge is 0.493 e. The van der Waals surface area contributed by atoms with E-state index in [9.17, 15) is 18.0 Å². The maximum absolute atomic E-state index is 13.2. The molecular formula is C33H45F3O7Si. The molecule has 1 heterocycles. The molecule has 3 aromatic rings. The van der Waals surface area contributed by atoms with Gasteiger partial charge in [-0.25, -0.2) is 4.79 Å². The third-order valence-corrected chi connectivity index (χ3v) is 10.2. The minimum Gasteiger partial charge on any atom is -0.493 e. The van der Waals surface area contributed by atoms with Crippen LogP contribution in [0, 0.1) is 0 Å². The summed E-state index contributed by atoms with van der Waals surface area (Å²) in [5.74, 6) is 0.126. The number of alkyl halides is 3. The zero-order valence-corrected chi connectivity index (χ0v) is 27.2. The maximum Gasteiger partial charge on any atom is 0.573 e. The molecule has 0 bridgehead atoms. The highest BCUT2D eigenvalue weighted by Gasteiger charge is 2.39. The highest BCUT2D eigenvalue weighted by Crippen LogP contribution is 2.35. The largest absolute Gasteiger partial charge is 0.573 e. The zero-order valence-electron chi connectivity index (χ0n) is 26.2. The lowest BCUT2D eigenvalue weighted by Crippen LogP contribution is -2.45. The summed E-state index contributed by atoms with van der Waals surface area (Å²) < 4.78 is 73.2. The first-order valence-corrected chi connectivity index (χ1v) is 17.6. The minimum absolute atomic E-state index is 0.00406. The van der Waals surface area contributed by atoms with Gasteiger partial charge in [0, 0.05) is 42.9 Å². The molecule has 1 aromatic heterocycles. The van der Waals surface area contributed by atoms with Gasteiger partial charge in [0.1, 0.15) is 17.1 Å². The Morgan fingerprint density at radius 3 is 2.14 bits per heavy atom. The van der Waals surface area contributed by atoms with E-state index in [0.717, 1.165) is 51.0 Å². The first kappa shape index (κ1) is 35.6. The number of fused-ring (bicyclic) bond motifs is 1. The summed E-state index contributed by atoms with van der Waals surface area (Å²) in [6.45, 7) is 10.1. The third kappa shape index (κ3) is 10.9. The molecule has 0 amide bonds. The van der Waals surface area contributed by atoms with E-state index < -0.39 is 26.5 Å². The van der Waals surface area contributed by atoms with Crippen molar-refractivity contribution in [3.8, 4) is 22.6 Å². The molecule has 0 radical (unpaired) electrons. The average molecular weight is 639 g/mol. The molecule has 0 aliphatic rings. The van der Waals surface area contributed by atoms with Crippen molar-refractivity contribution in [3.05, 3.63) is 58.4 Å². The van der Waals surface area contributed by atoms with Crippen molar-refractivity contribution in [3.63, 3.8) is 0 Å². The van der Waals surface area contributed by atoms with Gasteiger partial charge in [-0.1, -0.05) is 44.7 Å². The van der Waals surface area contributed by atoms with Crippen molar-refractivity contribution < 1.29 is 40.3 Å². The van der Waals surface area contributed by atoms with Crippen LogP contribution in [0.15, 0.2) is 51.7 Å². The summed E-state index contributed by atoms with van der Waals surface area (Å²) in [5, 5.41) is 0.558. The predicted octanol–water partition coefficient (Wildman–Crippen LogP) is 9.08. The average Bonchev–Trinajstić information content (AvgIpc) is 2.96. The number of benzene rings is 2. The summed E-state index contributed by atoms with van der Waals surface area (Å²) in [7, 11) is -2.62. The van der Waals surface area contributed by atoms with Gasteiger partial charge in [0.25, 0.3) is 0 Å². The fourth-order valence-electron chi connectivity index (χ4n) is 5.09. The number of aryl methyl sites for hydroxylation is 1. The van der Waals surface area contributed by atoms with Crippen LogP contribution in [0.25, 0.3) is 22.1 Å². The van der Waals surface area contributed by atoms with E-state index in [1.165, 1.54) is 18.2 Å². The van der Waals surface area contributed by atoms with Gasteiger partial charge >= 0.3 is 20.8 Å². The summed E-state index contributed by atoms with van der Waals surface area (Å²) >= 11 is 0. The van der Waals surface area contributed by atoms with Gasteiger partial charge in [-0.15, -0.1) is 13.2 Å². The van der Waals surface area contributed by atoms with Crippen LogP contribution in [0.3, 0.4) is 0 Å². The Kier molecular flexibility index (Phi) is 14.2. The van der Waals surface area contributed by atoms with Gasteiger partial charge in [0.2, 0.25) is 0 Å². The second-order valence-corrected chi connectivity index (χ2v) is 13.2. The van der Waals surface area contributed by atoms with Crippen molar-refractivity contribution in [2.45, 2.75) is 91.5 Å². The third-order valence-electron chi connectivity index (χ3n) is 7.08. The Balaban J connectivity index is 1.63. The lowest BCUT2D eigenvalue weighted by Gasteiger charge is -2.28. The van der Waals surface area contributed by atoms with E-state index in [0.29, 0.717) is 49.5 Å². The molecule has 0 atom stereocenters. The molecule has 0 saturated heterocycles. The molecule has 3 rings (SSSR count). The summed E-state index contributed by atoms with van der Waals surface area (Å²) in [4.78, 5) is 12.9. The van der Waals surface area contributed by atoms with Gasteiger partial charge in [-0.3, -0.25) is 0 Å². The van der Waals surface area contributed by atoms with Gasteiger partial charge in [0.05, 0.1) is 12.2 Å².